The SMILES string of the molecule is CCC(O)O.NC=O. The van der Waals surface area contributed by atoms with Crippen molar-refractivity contribution in [2.45, 2.75) is 19.6 Å². The van der Waals surface area contributed by atoms with Crippen LogP contribution in [-0.4, -0.2) is 22.9 Å². The molecule has 0 radical (unpaired) electrons. The van der Waals surface area contributed by atoms with Gasteiger partial charge in [0.2, 0.25) is 6.41 Å². The van der Waals surface area contributed by atoms with E-state index in [0.717, 1.165) is 0 Å². The average Bonchev–Trinajstić information content (AvgIpc) is 1.69. The Morgan fingerprint density at radius 2 is 1.88 bits per heavy atom. The Kier molecular flexibility index (Phi) is 12.5. The van der Waals surface area contributed by atoms with Crippen molar-refractivity contribution in [3.8, 4) is 0 Å². The van der Waals surface area contributed by atoms with E-state index in [1.165, 1.54) is 0 Å². The van der Waals surface area contributed by atoms with Crippen molar-refractivity contribution in [3.05, 3.63) is 0 Å². The molecule has 0 aromatic carbocycles. The molecule has 4 nitrogen and oxygen atoms in total. The maximum atomic E-state index is 8.58. The van der Waals surface area contributed by atoms with Crippen LogP contribution in [-0.2, 0) is 4.79 Å². The van der Waals surface area contributed by atoms with Crippen molar-refractivity contribution < 1.29 is 15.0 Å². The summed E-state index contributed by atoms with van der Waals surface area (Å²) in [6.07, 6.45) is -0.449. The first kappa shape index (κ1) is 10.4. The van der Waals surface area contributed by atoms with Crippen molar-refractivity contribution in [1.82, 2.24) is 0 Å². The molecule has 0 aromatic rings. The smallest absolute Gasteiger partial charge is 0.204 e. The summed E-state index contributed by atoms with van der Waals surface area (Å²) >= 11 is 0. The number of amides is 1. The third-order valence-corrected chi connectivity index (χ3v) is 0.365. The first-order chi connectivity index (χ1) is 3.68. The summed E-state index contributed by atoms with van der Waals surface area (Å²) in [5.41, 5.74) is 4.17. The van der Waals surface area contributed by atoms with E-state index >= 15 is 0 Å². The Morgan fingerprint density at radius 1 is 1.75 bits per heavy atom. The van der Waals surface area contributed by atoms with Crippen LogP contribution in [0.5, 0.6) is 0 Å². The molecule has 0 aromatic heterocycles. The van der Waals surface area contributed by atoms with Crippen LogP contribution < -0.4 is 5.73 Å². The van der Waals surface area contributed by atoms with Crippen LogP contribution in [0.25, 0.3) is 0 Å². The lowest BCUT2D eigenvalue weighted by Gasteiger charge is -1.90. The molecule has 0 spiro atoms. The maximum absolute atomic E-state index is 8.58. The van der Waals surface area contributed by atoms with Crippen LogP contribution in [0, 0.1) is 0 Å². The lowest BCUT2D eigenvalue weighted by Crippen LogP contribution is -1.99. The van der Waals surface area contributed by atoms with Gasteiger partial charge in [0.05, 0.1) is 0 Å². The zero-order valence-corrected chi connectivity index (χ0v) is 4.74. The van der Waals surface area contributed by atoms with E-state index in [0.29, 0.717) is 6.42 Å². The summed E-state index contributed by atoms with van der Waals surface area (Å²) in [6.45, 7) is 1.70. The second-order valence-electron chi connectivity index (χ2n) is 1.02. The lowest BCUT2D eigenvalue weighted by atomic mass is 10.5. The Balaban J connectivity index is 0. The van der Waals surface area contributed by atoms with E-state index in [9.17, 15) is 0 Å². The Morgan fingerprint density at radius 3 is 1.88 bits per heavy atom. The summed E-state index contributed by atoms with van der Waals surface area (Å²) in [5.74, 6) is 0. The minimum atomic E-state index is -1.12. The molecule has 50 valence electrons. The largest absolute Gasteiger partial charge is 0.372 e. The highest BCUT2D eigenvalue weighted by Crippen LogP contribution is 1.77. The maximum Gasteiger partial charge on any atom is 0.204 e. The van der Waals surface area contributed by atoms with Gasteiger partial charge in [-0.15, -0.1) is 0 Å². The van der Waals surface area contributed by atoms with E-state index in [-0.39, 0.29) is 6.41 Å². The second-order valence-corrected chi connectivity index (χ2v) is 1.02. The highest BCUT2D eigenvalue weighted by molar-refractivity contribution is 5.42. The number of aliphatic hydroxyl groups is 2. The molecule has 4 heteroatoms. The van der Waals surface area contributed by atoms with Gasteiger partial charge in [-0.25, -0.2) is 0 Å². The van der Waals surface area contributed by atoms with E-state index in [2.05, 4.69) is 5.73 Å². The van der Waals surface area contributed by atoms with Gasteiger partial charge in [0.25, 0.3) is 0 Å². The van der Waals surface area contributed by atoms with Crippen molar-refractivity contribution in [2.24, 2.45) is 5.73 Å². The second kappa shape index (κ2) is 9.63. The van der Waals surface area contributed by atoms with Crippen LogP contribution in [0.4, 0.5) is 0 Å². The van der Waals surface area contributed by atoms with Gasteiger partial charge in [0, 0.05) is 0 Å². The fourth-order valence-corrected chi connectivity index (χ4v) is 0. The molecular weight excluding hydrogens is 110 g/mol. The summed E-state index contributed by atoms with van der Waals surface area (Å²) in [7, 11) is 0. The summed E-state index contributed by atoms with van der Waals surface area (Å²) < 4.78 is 0. The number of nitrogens with two attached hydrogens (primary N) is 1. The van der Waals surface area contributed by atoms with Gasteiger partial charge in [0.15, 0.2) is 6.29 Å². The Labute approximate surface area is 47.9 Å². The molecule has 1 amide bonds. The number of primary amides is 1. The molecule has 0 rings (SSSR count). The third-order valence-electron chi connectivity index (χ3n) is 0.365. The zero-order valence-electron chi connectivity index (χ0n) is 4.74. The van der Waals surface area contributed by atoms with Crippen LogP contribution in [0.1, 0.15) is 13.3 Å². The molecular formula is C4H11NO3. The highest BCUT2D eigenvalue weighted by atomic mass is 16.5. The van der Waals surface area contributed by atoms with Gasteiger partial charge < -0.3 is 15.9 Å². The zero-order chi connectivity index (χ0) is 6.99. The number of carbonyl (C=O) groups is 1. The van der Waals surface area contributed by atoms with E-state index in [1.807, 2.05) is 0 Å². The summed E-state index contributed by atoms with van der Waals surface area (Å²) in [5, 5.41) is 15.8. The van der Waals surface area contributed by atoms with Gasteiger partial charge >= 0.3 is 0 Å². The van der Waals surface area contributed by atoms with E-state index in [1.54, 1.807) is 6.92 Å². The van der Waals surface area contributed by atoms with Crippen molar-refractivity contribution in [3.63, 3.8) is 0 Å². The normalized spacial score (nSPS) is 7.50. The summed E-state index contributed by atoms with van der Waals surface area (Å²) in [4.78, 5) is 8.58. The van der Waals surface area contributed by atoms with Gasteiger partial charge in [-0.1, -0.05) is 6.92 Å². The monoisotopic (exact) mass is 121 g/mol. The van der Waals surface area contributed by atoms with Crippen molar-refractivity contribution in [1.29, 1.82) is 0 Å². The van der Waals surface area contributed by atoms with Crippen LogP contribution in [0.3, 0.4) is 0 Å². The van der Waals surface area contributed by atoms with Gasteiger partial charge in [0.1, 0.15) is 0 Å². The molecule has 8 heavy (non-hydrogen) atoms. The molecule has 0 heterocycles. The topological polar surface area (TPSA) is 83.6 Å². The fraction of sp³-hybridized carbons (Fsp3) is 0.750. The molecule has 0 atom stereocenters. The number of aliphatic hydroxyl groups excluding tert-OH is 1. The minimum absolute atomic E-state index is 0.250. The predicted octanol–water partition coefficient (Wildman–Crippen LogP) is -1.19. The highest BCUT2D eigenvalue weighted by Gasteiger charge is 1.83. The van der Waals surface area contributed by atoms with Crippen molar-refractivity contribution >= 4 is 6.41 Å². The third kappa shape index (κ3) is 53.8. The lowest BCUT2D eigenvalue weighted by molar-refractivity contribution is -0.106. The molecule has 0 aliphatic carbocycles. The molecule has 0 saturated carbocycles. The Hall–Kier alpha value is -0.610. The number of rotatable bonds is 1. The molecule has 0 aliphatic rings. The molecule has 4 N–H and O–H groups in total. The van der Waals surface area contributed by atoms with Crippen LogP contribution >= 0.6 is 0 Å². The fourth-order valence-electron chi connectivity index (χ4n) is 0. The van der Waals surface area contributed by atoms with Gasteiger partial charge in [-0.3, -0.25) is 4.79 Å². The van der Waals surface area contributed by atoms with Gasteiger partial charge in [-0.2, -0.15) is 0 Å². The standard InChI is InChI=1S/C3H8O2.CH3NO/c1-2-3(4)5;2-1-3/h3-5H,2H2,1H3;1H,(H2,2,3). The molecule has 0 saturated heterocycles. The number of hydrogen-bond donors (Lipinski definition) is 3. The quantitative estimate of drug-likeness (QED) is 0.301. The Bertz CT molecular complexity index is 46.5. The van der Waals surface area contributed by atoms with Gasteiger partial charge in [-0.05, 0) is 6.42 Å². The molecule has 0 unspecified atom stereocenters. The number of hydrogen-bond acceptors (Lipinski definition) is 3. The van der Waals surface area contributed by atoms with Crippen LogP contribution in [0.15, 0.2) is 0 Å². The van der Waals surface area contributed by atoms with Crippen LogP contribution in [0.2, 0.25) is 0 Å². The molecule has 0 aliphatic heterocycles. The summed E-state index contributed by atoms with van der Waals surface area (Å²) in [6, 6.07) is 0. The predicted molar refractivity (Wildman–Crippen MR) is 28.8 cm³/mol. The average molecular weight is 121 g/mol. The van der Waals surface area contributed by atoms with E-state index in [4.69, 9.17) is 15.0 Å². The minimum Gasteiger partial charge on any atom is -0.372 e. The molecule has 0 bridgehead atoms. The van der Waals surface area contributed by atoms with E-state index < -0.39 is 6.29 Å². The first-order valence-corrected chi connectivity index (χ1v) is 2.20. The van der Waals surface area contributed by atoms with Crippen molar-refractivity contribution in [2.75, 3.05) is 0 Å². The number of carbonyl (C=O) groups excluding carboxylic acids is 1. The first-order valence-electron chi connectivity index (χ1n) is 2.20. The molecule has 0 fully saturated rings.